The van der Waals surface area contributed by atoms with E-state index >= 15 is 0 Å². The molecule has 0 spiro atoms. The number of nitrogens with zero attached hydrogens (tertiary/aromatic N) is 4. The molecule has 0 N–H and O–H groups in total. The molecule has 0 atom stereocenters. The monoisotopic (exact) mass is 308 g/mol. The molecule has 0 radical (unpaired) electrons. The Labute approximate surface area is 131 Å². The van der Waals surface area contributed by atoms with Gasteiger partial charge in [0.1, 0.15) is 22.4 Å². The van der Waals surface area contributed by atoms with Crippen LogP contribution in [0.1, 0.15) is 11.3 Å². The van der Waals surface area contributed by atoms with Crippen LogP contribution in [0.2, 0.25) is 0 Å². The SMILES string of the molecule is Cc1cc(-n2n[n+]3c(c(C)nc4ccccc43)c2[O-])ccc1F. The summed E-state index contributed by atoms with van der Waals surface area (Å²) in [6.45, 7) is 3.44. The van der Waals surface area contributed by atoms with Crippen LogP contribution in [-0.2, 0) is 0 Å². The second-order valence-corrected chi connectivity index (χ2v) is 5.49. The Morgan fingerprint density at radius 1 is 1.13 bits per heavy atom. The molecule has 4 rings (SSSR count). The van der Waals surface area contributed by atoms with E-state index in [-0.39, 0.29) is 11.7 Å². The maximum atomic E-state index is 13.5. The zero-order chi connectivity index (χ0) is 16.1. The van der Waals surface area contributed by atoms with Gasteiger partial charge in [-0.05, 0) is 49.7 Å². The lowest BCUT2D eigenvalue weighted by atomic mass is 10.2. The number of hydrogen-bond acceptors (Lipinski definition) is 3. The number of aryl methyl sites for hydroxylation is 2. The minimum absolute atomic E-state index is 0.272. The Balaban J connectivity index is 2.09. The van der Waals surface area contributed by atoms with Gasteiger partial charge in [-0.1, -0.05) is 16.6 Å². The maximum Gasteiger partial charge on any atom is 0.212 e. The van der Waals surface area contributed by atoms with Gasteiger partial charge in [0.05, 0.1) is 5.69 Å². The van der Waals surface area contributed by atoms with E-state index in [1.165, 1.54) is 10.7 Å². The summed E-state index contributed by atoms with van der Waals surface area (Å²) < 4.78 is 16.3. The van der Waals surface area contributed by atoms with E-state index in [1.54, 1.807) is 30.5 Å². The van der Waals surface area contributed by atoms with Crippen LogP contribution in [0.15, 0.2) is 42.5 Å². The van der Waals surface area contributed by atoms with E-state index in [0.717, 1.165) is 11.0 Å². The molecule has 0 aliphatic rings. The minimum Gasteiger partial charge on any atom is -0.837 e. The third kappa shape index (κ3) is 1.95. The summed E-state index contributed by atoms with van der Waals surface area (Å²) in [5.74, 6) is -0.583. The third-order valence-electron chi connectivity index (χ3n) is 3.91. The average molecular weight is 308 g/mol. The number of fused-ring (bicyclic) bond motifs is 3. The van der Waals surface area contributed by atoms with Crippen LogP contribution in [0.25, 0.3) is 22.2 Å². The summed E-state index contributed by atoms with van der Waals surface area (Å²) in [6, 6.07) is 12.0. The maximum absolute atomic E-state index is 13.5. The molecule has 2 heterocycles. The fourth-order valence-corrected chi connectivity index (χ4v) is 2.74. The van der Waals surface area contributed by atoms with Crippen LogP contribution < -0.4 is 9.62 Å². The highest BCUT2D eigenvalue weighted by Gasteiger charge is 2.20. The van der Waals surface area contributed by atoms with Crippen LogP contribution in [0.4, 0.5) is 4.39 Å². The molecule has 5 nitrogen and oxygen atoms in total. The lowest BCUT2D eigenvalue weighted by Gasteiger charge is -2.03. The summed E-state index contributed by atoms with van der Waals surface area (Å²) >= 11 is 0. The highest BCUT2D eigenvalue weighted by molar-refractivity contribution is 5.74. The van der Waals surface area contributed by atoms with Gasteiger partial charge in [0, 0.05) is 0 Å². The lowest BCUT2D eigenvalue weighted by molar-refractivity contribution is -0.556. The normalized spacial score (nSPS) is 11.4. The van der Waals surface area contributed by atoms with Crippen molar-refractivity contribution in [3.8, 4) is 11.6 Å². The number of rotatable bonds is 1. The predicted octanol–water partition coefficient (Wildman–Crippen LogP) is 1.99. The predicted molar refractivity (Wildman–Crippen MR) is 80.9 cm³/mol. The first kappa shape index (κ1) is 13.6. The van der Waals surface area contributed by atoms with Gasteiger partial charge in [-0.25, -0.2) is 9.37 Å². The van der Waals surface area contributed by atoms with E-state index in [9.17, 15) is 9.50 Å². The van der Waals surface area contributed by atoms with Gasteiger partial charge >= 0.3 is 0 Å². The summed E-state index contributed by atoms with van der Waals surface area (Å²) in [6.07, 6.45) is 0. The van der Waals surface area contributed by atoms with Crippen molar-refractivity contribution in [2.24, 2.45) is 0 Å². The topological polar surface area (TPSA) is 57.9 Å². The quantitative estimate of drug-likeness (QED) is 0.505. The molecule has 0 fully saturated rings. The van der Waals surface area contributed by atoms with Crippen molar-refractivity contribution in [2.75, 3.05) is 0 Å². The van der Waals surface area contributed by atoms with Gasteiger partial charge in [-0.3, -0.25) is 0 Å². The molecule has 6 heteroatoms. The van der Waals surface area contributed by atoms with Crippen LogP contribution in [0.5, 0.6) is 5.88 Å². The Morgan fingerprint density at radius 2 is 1.91 bits per heavy atom. The lowest BCUT2D eigenvalue weighted by Crippen LogP contribution is -2.27. The standard InChI is InChI=1S/C17H13FN4O/c1-10-9-12(7-8-13(10)18)21-17(23)16-11(2)19-14-5-3-4-6-15(14)22(16)20-21/h3-9H,1-2H3. The van der Waals surface area contributed by atoms with Gasteiger partial charge in [0.25, 0.3) is 0 Å². The Bertz CT molecular complexity index is 1070. The fraction of sp³-hybridized carbons (Fsp3) is 0.118. The second-order valence-electron chi connectivity index (χ2n) is 5.49. The summed E-state index contributed by atoms with van der Waals surface area (Å²) in [7, 11) is 0. The summed E-state index contributed by atoms with van der Waals surface area (Å²) in [4.78, 5) is 4.47. The molecule has 0 bridgehead atoms. The number of halogens is 1. The first-order valence-electron chi connectivity index (χ1n) is 7.20. The van der Waals surface area contributed by atoms with Gasteiger partial charge in [0.15, 0.2) is 11.2 Å². The highest BCUT2D eigenvalue weighted by atomic mass is 19.1. The largest absolute Gasteiger partial charge is 0.837 e. The highest BCUT2D eigenvalue weighted by Crippen LogP contribution is 2.22. The Morgan fingerprint density at radius 3 is 2.70 bits per heavy atom. The molecular formula is C17H13FN4O. The van der Waals surface area contributed by atoms with Gasteiger partial charge in [0.2, 0.25) is 5.52 Å². The molecule has 2 aromatic heterocycles. The third-order valence-corrected chi connectivity index (χ3v) is 3.91. The number of para-hydroxylation sites is 2. The molecule has 0 unspecified atom stereocenters. The molecule has 0 saturated carbocycles. The Kier molecular flexibility index (Phi) is 2.81. The van der Waals surface area contributed by atoms with Crippen molar-refractivity contribution in [1.29, 1.82) is 0 Å². The zero-order valence-electron chi connectivity index (χ0n) is 12.6. The number of benzene rings is 2. The molecule has 0 aliphatic carbocycles. The van der Waals surface area contributed by atoms with Crippen molar-refractivity contribution in [1.82, 2.24) is 14.9 Å². The molecule has 4 aromatic rings. The van der Waals surface area contributed by atoms with Crippen molar-refractivity contribution in [2.45, 2.75) is 13.8 Å². The Hall–Kier alpha value is -3.02. The first-order valence-corrected chi connectivity index (χ1v) is 7.20. The van der Waals surface area contributed by atoms with Gasteiger partial charge in [-0.2, -0.15) is 0 Å². The van der Waals surface area contributed by atoms with Crippen molar-refractivity contribution >= 4 is 16.6 Å². The van der Waals surface area contributed by atoms with Crippen LogP contribution in [0, 0.1) is 19.7 Å². The van der Waals surface area contributed by atoms with Gasteiger partial charge < -0.3 is 5.11 Å². The number of aromatic nitrogens is 4. The minimum atomic E-state index is -0.311. The van der Waals surface area contributed by atoms with E-state index in [2.05, 4.69) is 10.2 Å². The van der Waals surface area contributed by atoms with Gasteiger partial charge in [-0.15, -0.1) is 4.68 Å². The molecule has 114 valence electrons. The zero-order valence-corrected chi connectivity index (χ0v) is 12.6. The van der Waals surface area contributed by atoms with Crippen molar-refractivity contribution in [3.63, 3.8) is 0 Å². The second kappa shape index (κ2) is 4.74. The molecule has 0 aliphatic heterocycles. The van der Waals surface area contributed by atoms with E-state index in [1.807, 2.05) is 24.3 Å². The molecule has 23 heavy (non-hydrogen) atoms. The molecule has 2 aromatic carbocycles. The van der Waals surface area contributed by atoms with Crippen LogP contribution in [0.3, 0.4) is 0 Å². The first-order chi connectivity index (χ1) is 11.1. The smallest absolute Gasteiger partial charge is 0.212 e. The number of hydrogen-bond donors (Lipinski definition) is 0. The van der Waals surface area contributed by atoms with Crippen molar-refractivity contribution in [3.05, 3.63) is 59.5 Å². The van der Waals surface area contributed by atoms with E-state index < -0.39 is 0 Å². The van der Waals surface area contributed by atoms with E-state index in [0.29, 0.717) is 22.5 Å². The summed E-state index contributed by atoms with van der Waals surface area (Å²) in [5, 5.41) is 17.1. The average Bonchev–Trinajstić information content (AvgIpc) is 2.89. The van der Waals surface area contributed by atoms with Crippen molar-refractivity contribution < 1.29 is 14.0 Å². The molecular weight excluding hydrogens is 295 g/mol. The van der Waals surface area contributed by atoms with Crippen LogP contribution >= 0.6 is 0 Å². The van der Waals surface area contributed by atoms with E-state index in [4.69, 9.17) is 0 Å². The summed E-state index contributed by atoms with van der Waals surface area (Å²) in [5.41, 5.74) is 3.54. The molecule has 0 saturated heterocycles. The molecule has 0 amide bonds. The van der Waals surface area contributed by atoms with Crippen LogP contribution in [-0.4, -0.2) is 14.9 Å². The fourth-order valence-electron chi connectivity index (χ4n) is 2.74.